The molecule has 26 heavy (non-hydrogen) atoms. The second-order valence-corrected chi connectivity index (χ2v) is 8.44. The van der Waals surface area contributed by atoms with Crippen molar-refractivity contribution in [2.45, 2.75) is 90.6 Å². The summed E-state index contributed by atoms with van der Waals surface area (Å²) in [5.74, 6) is 0.403. The molecule has 1 aliphatic carbocycles. The Labute approximate surface area is 173 Å². The van der Waals surface area contributed by atoms with Crippen LogP contribution in [0.2, 0.25) is 0 Å². The van der Waals surface area contributed by atoms with E-state index < -0.39 is 0 Å². The average Bonchev–Trinajstić information content (AvgIpc) is 2.89. The molecule has 0 fully saturated rings. The molecule has 1 amide bonds. The van der Waals surface area contributed by atoms with Crippen LogP contribution in [0.15, 0.2) is 9.66 Å². The molecule has 0 saturated carbocycles. The van der Waals surface area contributed by atoms with Crippen LogP contribution in [0.5, 0.6) is 0 Å². The van der Waals surface area contributed by atoms with Crippen molar-refractivity contribution in [3.8, 4) is 0 Å². The number of nitrogens with one attached hydrogen (secondary N) is 1. The van der Waals surface area contributed by atoms with Crippen LogP contribution < -0.4 is 5.32 Å². The number of halogens is 1. The third kappa shape index (κ3) is 9.49. The zero-order chi connectivity index (χ0) is 19.2. The second kappa shape index (κ2) is 14.6. The summed E-state index contributed by atoms with van der Waals surface area (Å²) in [7, 11) is 0. The van der Waals surface area contributed by atoms with Gasteiger partial charge in [-0.3, -0.25) is 9.59 Å². The fourth-order valence-electron chi connectivity index (χ4n) is 3.25. The maximum atomic E-state index is 12.2. The molecule has 4 nitrogen and oxygen atoms in total. The second-order valence-electron chi connectivity index (χ2n) is 7.19. The topological polar surface area (TPSA) is 55.4 Å². The summed E-state index contributed by atoms with van der Waals surface area (Å²) in [6.07, 6.45) is 13.2. The molecule has 0 aromatic carbocycles. The van der Waals surface area contributed by atoms with Gasteiger partial charge in [-0.25, -0.2) is 0 Å². The highest BCUT2D eigenvalue weighted by Gasteiger charge is 2.35. The highest BCUT2D eigenvalue weighted by Crippen LogP contribution is 2.33. The largest absolute Gasteiger partial charge is 0.372 e. The van der Waals surface area contributed by atoms with Gasteiger partial charge in [0.1, 0.15) is 0 Å². The van der Waals surface area contributed by atoms with Crippen molar-refractivity contribution in [1.82, 2.24) is 5.32 Å². The number of hydrogen-bond acceptors (Lipinski definition) is 3. The van der Waals surface area contributed by atoms with E-state index in [2.05, 4.69) is 41.8 Å². The van der Waals surface area contributed by atoms with Gasteiger partial charge in [0.15, 0.2) is 5.78 Å². The lowest BCUT2D eigenvalue weighted by Gasteiger charge is -2.20. The molecule has 0 heterocycles. The number of ether oxygens (including phenoxy) is 1. The molecule has 0 aromatic rings. The van der Waals surface area contributed by atoms with Crippen LogP contribution in [0, 0.1) is 5.92 Å². The SMILES string of the molecule is CCCCCCCC1C(=O)C=C(I)C1OCCCCCC(=O)NCCC. The minimum atomic E-state index is -0.0397. The highest BCUT2D eigenvalue weighted by atomic mass is 127. The van der Waals surface area contributed by atoms with Crippen molar-refractivity contribution < 1.29 is 14.3 Å². The molecule has 2 unspecified atom stereocenters. The average molecular weight is 477 g/mol. The molecule has 0 bridgehead atoms. The highest BCUT2D eigenvalue weighted by molar-refractivity contribution is 14.1. The van der Waals surface area contributed by atoms with E-state index >= 15 is 0 Å². The summed E-state index contributed by atoms with van der Waals surface area (Å²) in [6, 6.07) is 0. The minimum Gasteiger partial charge on any atom is -0.372 e. The van der Waals surface area contributed by atoms with E-state index in [0.717, 1.165) is 48.6 Å². The van der Waals surface area contributed by atoms with E-state index in [1.54, 1.807) is 6.08 Å². The molecular formula is C21H36INO3. The first-order chi connectivity index (χ1) is 12.6. The van der Waals surface area contributed by atoms with Gasteiger partial charge in [0.25, 0.3) is 0 Å². The molecule has 2 atom stereocenters. The van der Waals surface area contributed by atoms with Crippen LogP contribution in [0.25, 0.3) is 0 Å². The van der Waals surface area contributed by atoms with Crippen LogP contribution in [0.4, 0.5) is 0 Å². The van der Waals surface area contributed by atoms with E-state index in [-0.39, 0.29) is 23.7 Å². The van der Waals surface area contributed by atoms with Gasteiger partial charge in [-0.2, -0.15) is 0 Å². The lowest BCUT2D eigenvalue weighted by atomic mass is 9.95. The molecule has 0 aromatic heterocycles. The van der Waals surface area contributed by atoms with E-state index in [4.69, 9.17) is 4.74 Å². The fraction of sp³-hybridized carbons (Fsp3) is 0.810. The number of hydrogen-bond donors (Lipinski definition) is 1. The molecule has 1 aliphatic rings. The monoisotopic (exact) mass is 477 g/mol. The van der Waals surface area contributed by atoms with Gasteiger partial charge in [0, 0.05) is 23.2 Å². The number of amides is 1. The summed E-state index contributed by atoms with van der Waals surface area (Å²) < 4.78 is 7.10. The Balaban J connectivity index is 2.19. The molecular weight excluding hydrogens is 441 g/mol. The van der Waals surface area contributed by atoms with E-state index in [1.807, 2.05) is 0 Å². The third-order valence-corrected chi connectivity index (χ3v) is 5.74. The van der Waals surface area contributed by atoms with Crippen molar-refractivity contribution >= 4 is 34.3 Å². The van der Waals surface area contributed by atoms with Crippen LogP contribution in [-0.2, 0) is 14.3 Å². The van der Waals surface area contributed by atoms with Crippen molar-refractivity contribution in [2.75, 3.05) is 13.2 Å². The Kier molecular flexibility index (Phi) is 13.3. The number of carbonyl (C=O) groups excluding carboxylic acids is 2. The smallest absolute Gasteiger partial charge is 0.219 e. The van der Waals surface area contributed by atoms with Gasteiger partial charge in [-0.1, -0.05) is 52.4 Å². The van der Waals surface area contributed by atoms with Gasteiger partial charge in [-0.15, -0.1) is 0 Å². The van der Waals surface area contributed by atoms with Crippen LogP contribution in [-0.4, -0.2) is 30.9 Å². The van der Waals surface area contributed by atoms with Crippen LogP contribution >= 0.6 is 22.6 Å². The number of rotatable bonds is 15. The van der Waals surface area contributed by atoms with Crippen molar-refractivity contribution in [3.63, 3.8) is 0 Å². The standard InChI is InChI=1S/C21H36INO3/c1-3-5-6-7-9-12-17-19(24)16-18(22)21(17)26-15-11-8-10-13-20(25)23-14-4-2/h16-17,21H,3-15H2,1-2H3,(H,23,25). The number of carbonyl (C=O) groups is 2. The Hall–Kier alpha value is -0.430. The van der Waals surface area contributed by atoms with Crippen molar-refractivity contribution in [1.29, 1.82) is 0 Å². The Morgan fingerprint density at radius 2 is 1.81 bits per heavy atom. The van der Waals surface area contributed by atoms with Crippen LogP contribution in [0.1, 0.15) is 84.5 Å². The molecule has 0 saturated heterocycles. The lowest BCUT2D eigenvalue weighted by Crippen LogP contribution is -2.25. The predicted octanol–water partition coefficient (Wildman–Crippen LogP) is 5.34. The Bertz CT molecular complexity index is 451. The molecule has 150 valence electrons. The first-order valence-corrected chi connectivity index (χ1v) is 11.5. The molecule has 0 radical (unpaired) electrons. The summed E-state index contributed by atoms with van der Waals surface area (Å²) >= 11 is 2.25. The van der Waals surface area contributed by atoms with Gasteiger partial charge >= 0.3 is 0 Å². The first kappa shape index (κ1) is 23.6. The van der Waals surface area contributed by atoms with E-state index in [1.165, 1.54) is 25.7 Å². The molecule has 0 spiro atoms. The maximum Gasteiger partial charge on any atom is 0.219 e. The molecule has 1 N–H and O–H groups in total. The fourth-order valence-corrected chi connectivity index (χ4v) is 4.17. The summed E-state index contributed by atoms with van der Waals surface area (Å²) in [6.45, 7) is 5.71. The zero-order valence-corrected chi connectivity index (χ0v) is 18.7. The van der Waals surface area contributed by atoms with Crippen molar-refractivity contribution in [3.05, 3.63) is 9.66 Å². The number of ketones is 1. The zero-order valence-electron chi connectivity index (χ0n) is 16.5. The summed E-state index contributed by atoms with van der Waals surface area (Å²) in [5.41, 5.74) is 0. The van der Waals surface area contributed by atoms with Gasteiger partial charge in [0.05, 0.1) is 12.0 Å². The molecule has 1 rings (SSSR count). The lowest BCUT2D eigenvalue weighted by molar-refractivity contribution is -0.122. The van der Waals surface area contributed by atoms with E-state index in [0.29, 0.717) is 13.0 Å². The minimum absolute atomic E-state index is 0.0170. The number of unbranched alkanes of at least 4 members (excludes halogenated alkanes) is 6. The Morgan fingerprint density at radius 1 is 1.08 bits per heavy atom. The number of allylic oxidation sites excluding steroid dienone is 1. The summed E-state index contributed by atoms with van der Waals surface area (Å²) in [5, 5.41) is 2.90. The molecule has 0 aliphatic heterocycles. The van der Waals surface area contributed by atoms with Gasteiger partial charge in [-0.05, 0) is 54.4 Å². The summed E-state index contributed by atoms with van der Waals surface area (Å²) in [4.78, 5) is 23.7. The maximum absolute atomic E-state index is 12.2. The Morgan fingerprint density at radius 3 is 2.54 bits per heavy atom. The predicted molar refractivity (Wildman–Crippen MR) is 115 cm³/mol. The van der Waals surface area contributed by atoms with Gasteiger partial charge in [0.2, 0.25) is 5.91 Å². The molecule has 5 heteroatoms. The van der Waals surface area contributed by atoms with E-state index in [9.17, 15) is 9.59 Å². The first-order valence-electron chi connectivity index (χ1n) is 10.4. The van der Waals surface area contributed by atoms with Crippen LogP contribution in [0.3, 0.4) is 0 Å². The third-order valence-electron chi connectivity index (χ3n) is 4.82. The van der Waals surface area contributed by atoms with Gasteiger partial charge < -0.3 is 10.1 Å². The van der Waals surface area contributed by atoms with Crippen molar-refractivity contribution in [2.24, 2.45) is 5.92 Å². The normalized spacial score (nSPS) is 19.7. The quantitative estimate of drug-likeness (QED) is 0.256.